The molecule has 3 aromatic rings. The lowest BCUT2D eigenvalue weighted by molar-refractivity contribution is -0.145. The summed E-state index contributed by atoms with van der Waals surface area (Å²) in [6.45, 7) is 6.21. The van der Waals surface area contributed by atoms with Crippen LogP contribution in [0, 0.1) is 0 Å². The third-order valence-electron chi connectivity index (χ3n) is 5.97. The molecular formula is C29H28BrClN2O8S. The quantitative estimate of drug-likeness (QED) is 0.278. The van der Waals surface area contributed by atoms with Gasteiger partial charge in [0.2, 0.25) is 0 Å². The van der Waals surface area contributed by atoms with Gasteiger partial charge in [-0.1, -0.05) is 29.0 Å². The lowest BCUT2D eigenvalue weighted by Gasteiger charge is -2.23. The molecule has 222 valence electrons. The highest BCUT2D eigenvalue weighted by molar-refractivity contribution is 9.10. The largest absolute Gasteiger partial charge is 0.490 e. The van der Waals surface area contributed by atoms with E-state index < -0.39 is 18.0 Å². The van der Waals surface area contributed by atoms with Gasteiger partial charge >= 0.3 is 11.9 Å². The van der Waals surface area contributed by atoms with E-state index >= 15 is 0 Å². The fourth-order valence-electron chi connectivity index (χ4n) is 4.27. The Labute approximate surface area is 258 Å². The van der Waals surface area contributed by atoms with Gasteiger partial charge in [0, 0.05) is 6.20 Å². The zero-order valence-corrected chi connectivity index (χ0v) is 26.4. The molecule has 1 atom stereocenters. The van der Waals surface area contributed by atoms with Crippen LogP contribution in [-0.2, 0) is 19.1 Å². The fraction of sp³-hybridized carbons (Fsp3) is 0.310. The molecule has 10 nitrogen and oxygen atoms in total. The summed E-state index contributed by atoms with van der Waals surface area (Å²) in [6.07, 6.45) is 3.09. The number of hydrogen-bond donors (Lipinski definition) is 0. The Kier molecular flexibility index (Phi) is 10.5. The number of hydrogen-bond acceptors (Lipinski definition) is 10. The Morgan fingerprint density at radius 3 is 2.48 bits per heavy atom. The second-order valence-electron chi connectivity index (χ2n) is 8.66. The van der Waals surface area contributed by atoms with Crippen LogP contribution in [0.2, 0.25) is 5.02 Å². The van der Waals surface area contributed by atoms with Crippen LogP contribution in [0.15, 0.2) is 56.4 Å². The monoisotopic (exact) mass is 678 g/mol. The first-order valence-corrected chi connectivity index (χ1v) is 15.0. The molecule has 0 spiro atoms. The number of thiazole rings is 1. The predicted molar refractivity (Wildman–Crippen MR) is 161 cm³/mol. The van der Waals surface area contributed by atoms with Crippen molar-refractivity contribution in [3.05, 3.63) is 82.4 Å². The maximum Gasteiger partial charge on any atom is 0.344 e. The number of nitrogens with zero attached hydrogens (tertiary/aromatic N) is 2. The smallest absolute Gasteiger partial charge is 0.344 e. The van der Waals surface area contributed by atoms with Crippen molar-refractivity contribution in [1.29, 1.82) is 0 Å². The van der Waals surface area contributed by atoms with Crippen molar-refractivity contribution >= 4 is 56.9 Å². The summed E-state index contributed by atoms with van der Waals surface area (Å²) in [5.41, 5.74) is 1.05. The van der Waals surface area contributed by atoms with Gasteiger partial charge in [-0.2, -0.15) is 0 Å². The van der Waals surface area contributed by atoms with Gasteiger partial charge < -0.3 is 23.7 Å². The lowest BCUT2D eigenvalue weighted by Crippen LogP contribution is -2.39. The van der Waals surface area contributed by atoms with Crippen LogP contribution in [0.25, 0.3) is 6.08 Å². The summed E-state index contributed by atoms with van der Waals surface area (Å²) in [5, 5.41) is 0.233. The van der Waals surface area contributed by atoms with Crippen molar-refractivity contribution in [2.45, 2.75) is 26.8 Å². The first-order chi connectivity index (χ1) is 20.2. The maximum absolute atomic E-state index is 13.8. The van der Waals surface area contributed by atoms with E-state index in [1.807, 2.05) is 13.8 Å². The minimum atomic E-state index is -0.820. The van der Waals surface area contributed by atoms with E-state index in [-0.39, 0.29) is 35.1 Å². The summed E-state index contributed by atoms with van der Waals surface area (Å²) in [4.78, 5) is 43.1. The van der Waals surface area contributed by atoms with Crippen molar-refractivity contribution in [2.75, 3.05) is 33.5 Å². The molecule has 2 heterocycles. The molecule has 0 N–H and O–H groups in total. The molecule has 1 aliphatic rings. The van der Waals surface area contributed by atoms with Crippen molar-refractivity contribution in [1.82, 2.24) is 4.57 Å². The lowest BCUT2D eigenvalue weighted by atomic mass is 9.97. The number of benzene rings is 2. The Hall–Kier alpha value is -3.61. The number of aromatic nitrogens is 1. The molecule has 1 aromatic heterocycles. The molecule has 4 rings (SSSR count). The number of halogens is 2. The van der Waals surface area contributed by atoms with E-state index in [1.54, 1.807) is 43.3 Å². The highest BCUT2D eigenvalue weighted by Gasteiger charge is 2.31. The molecule has 0 bridgehead atoms. The van der Waals surface area contributed by atoms with Crippen molar-refractivity contribution < 1.29 is 33.3 Å². The van der Waals surface area contributed by atoms with E-state index in [4.69, 9.17) is 35.3 Å². The highest BCUT2D eigenvalue weighted by atomic mass is 79.9. The average molecular weight is 680 g/mol. The van der Waals surface area contributed by atoms with Crippen LogP contribution in [-0.4, -0.2) is 50.0 Å². The van der Waals surface area contributed by atoms with Crippen molar-refractivity contribution in [2.24, 2.45) is 4.99 Å². The van der Waals surface area contributed by atoms with E-state index in [2.05, 4.69) is 20.9 Å². The van der Waals surface area contributed by atoms with Gasteiger partial charge in [0.25, 0.3) is 5.56 Å². The van der Waals surface area contributed by atoms with Crippen LogP contribution >= 0.6 is 38.9 Å². The van der Waals surface area contributed by atoms with Gasteiger partial charge in [0.1, 0.15) is 0 Å². The van der Waals surface area contributed by atoms with Gasteiger partial charge in [-0.15, -0.1) is 0 Å². The normalized spacial score (nSPS) is 14.4. The Bertz CT molecular complexity index is 1690. The molecule has 0 aliphatic carbocycles. The predicted octanol–water partition coefficient (Wildman–Crippen LogP) is 4.17. The Balaban J connectivity index is 1.79. The first-order valence-electron chi connectivity index (χ1n) is 13.0. The summed E-state index contributed by atoms with van der Waals surface area (Å²) in [6, 6.07) is 7.79. The molecule has 0 radical (unpaired) electrons. The van der Waals surface area contributed by atoms with Gasteiger partial charge in [0.05, 0.1) is 52.6 Å². The first kappa shape index (κ1) is 31.3. The summed E-state index contributed by atoms with van der Waals surface area (Å²) < 4.78 is 29.2. The molecule has 2 aromatic carbocycles. The topological polar surface area (TPSA) is 115 Å². The molecule has 0 unspecified atom stereocenters. The van der Waals surface area contributed by atoms with Gasteiger partial charge in [0.15, 0.2) is 28.7 Å². The van der Waals surface area contributed by atoms with Crippen LogP contribution in [0.5, 0.6) is 17.2 Å². The van der Waals surface area contributed by atoms with Crippen LogP contribution in [0.3, 0.4) is 0 Å². The standard InChI is InChI=1S/C29H28BrClN2O8S/c1-5-38-21-9-8-17(13-22(21)39-6-2)25-18(28(36)37-4)14-32-29-33(25)27(35)23(42-29)12-16-10-19(30)26(20(31)11-16)41-15-24(34)40-7-3/h8-14,25H,5-7,15H2,1-4H3/b23-12-/t25-/m1/s1. The summed E-state index contributed by atoms with van der Waals surface area (Å²) >= 11 is 11.0. The number of ether oxygens (including phenoxy) is 5. The Morgan fingerprint density at radius 2 is 1.81 bits per heavy atom. The highest BCUT2D eigenvalue weighted by Crippen LogP contribution is 2.36. The molecule has 0 saturated carbocycles. The molecular weight excluding hydrogens is 652 g/mol. The number of carbonyl (C=O) groups excluding carboxylic acids is 2. The molecule has 1 aliphatic heterocycles. The van der Waals surface area contributed by atoms with Gasteiger partial charge in [-0.25, -0.2) is 14.6 Å². The second-order valence-corrected chi connectivity index (χ2v) is 10.9. The molecule has 0 amide bonds. The maximum atomic E-state index is 13.8. The zero-order valence-electron chi connectivity index (χ0n) is 23.3. The number of fused-ring (bicyclic) bond motifs is 1. The minimum Gasteiger partial charge on any atom is -0.490 e. The van der Waals surface area contributed by atoms with Crippen LogP contribution in [0.4, 0.5) is 0 Å². The van der Waals surface area contributed by atoms with Gasteiger partial charge in [-0.05, 0) is 78.2 Å². The third kappa shape index (κ3) is 6.71. The third-order valence-corrected chi connectivity index (χ3v) is 7.83. The molecule has 0 saturated heterocycles. The molecule has 0 fully saturated rings. The van der Waals surface area contributed by atoms with Crippen molar-refractivity contribution in [3.63, 3.8) is 0 Å². The zero-order chi connectivity index (χ0) is 30.4. The minimum absolute atomic E-state index is 0.192. The van der Waals surface area contributed by atoms with Crippen molar-refractivity contribution in [3.8, 4) is 17.2 Å². The number of rotatable bonds is 11. The Morgan fingerprint density at radius 1 is 1.07 bits per heavy atom. The average Bonchev–Trinajstić information content (AvgIpc) is 3.27. The fourth-order valence-corrected chi connectivity index (χ4v) is 6.23. The summed E-state index contributed by atoms with van der Waals surface area (Å²) in [5.74, 6) is 0.180. The van der Waals surface area contributed by atoms with E-state index in [9.17, 15) is 14.4 Å². The second kappa shape index (κ2) is 14.0. The van der Waals surface area contributed by atoms with Gasteiger partial charge in [-0.3, -0.25) is 9.36 Å². The summed E-state index contributed by atoms with van der Waals surface area (Å²) in [7, 11) is 1.27. The molecule has 13 heteroatoms. The number of esters is 2. The van der Waals surface area contributed by atoms with E-state index in [1.165, 1.54) is 17.9 Å². The number of methoxy groups -OCH3 is 1. The SMILES string of the molecule is CCOC(=O)COc1c(Cl)cc(/C=c2\sc3n(c2=O)[C@H](c2ccc(OCC)c(OCC)c2)C(C(=O)OC)=CN=3)cc1Br. The van der Waals surface area contributed by atoms with Crippen LogP contribution < -0.4 is 29.1 Å². The molecule has 42 heavy (non-hydrogen) atoms. The van der Waals surface area contributed by atoms with E-state index in [0.29, 0.717) is 49.6 Å². The number of carbonyl (C=O) groups is 2. The van der Waals surface area contributed by atoms with Crippen LogP contribution in [0.1, 0.15) is 37.9 Å². The van der Waals surface area contributed by atoms with E-state index in [0.717, 1.165) is 11.3 Å².